The molecule has 8 heteroatoms. The summed E-state index contributed by atoms with van der Waals surface area (Å²) in [5, 5.41) is 7.97. The van der Waals surface area contributed by atoms with Gasteiger partial charge in [0, 0.05) is 12.6 Å². The Morgan fingerprint density at radius 3 is 2.41 bits per heavy atom. The topological polar surface area (TPSA) is 87.3 Å². The molecule has 1 aliphatic rings. The third-order valence-electron chi connectivity index (χ3n) is 5.62. The smallest absolute Gasteiger partial charge is 0.247 e. The first kappa shape index (κ1) is 23.1. The SMILES string of the molecule is CC(NC(=O)Cc1cc(F)cc(F)c1)C(=O)NC1C(=O)NCc2ccc(-c3ccccc3)cc21. The Labute approximate surface area is 195 Å². The first-order chi connectivity index (χ1) is 16.3. The molecule has 174 valence electrons. The molecule has 2 atom stereocenters. The Bertz CT molecular complexity index is 1230. The summed E-state index contributed by atoms with van der Waals surface area (Å²) in [5.41, 5.74) is 3.62. The van der Waals surface area contributed by atoms with Crippen LogP contribution < -0.4 is 16.0 Å². The van der Waals surface area contributed by atoms with Gasteiger partial charge in [0.2, 0.25) is 17.7 Å². The van der Waals surface area contributed by atoms with Crippen LogP contribution >= 0.6 is 0 Å². The maximum Gasteiger partial charge on any atom is 0.247 e. The molecule has 0 saturated carbocycles. The summed E-state index contributed by atoms with van der Waals surface area (Å²) in [5.74, 6) is -3.06. The minimum absolute atomic E-state index is 0.150. The number of fused-ring (bicyclic) bond motifs is 1. The fraction of sp³-hybridized carbons (Fsp3) is 0.192. The lowest BCUT2D eigenvalue weighted by Crippen LogP contribution is -2.50. The van der Waals surface area contributed by atoms with Gasteiger partial charge in [0.25, 0.3) is 0 Å². The summed E-state index contributed by atoms with van der Waals surface area (Å²) in [6, 6.07) is 16.4. The van der Waals surface area contributed by atoms with Crippen molar-refractivity contribution in [3.8, 4) is 11.1 Å². The Morgan fingerprint density at radius 1 is 1.00 bits per heavy atom. The van der Waals surface area contributed by atoms with Crippen LogP contribution in [-0.4, -0.2) is 23.8 Å². The number of carbonyl (C=O) groups excluding carboxylic acids is 3. The zero-order valence-corrected chi connectivity index (χ0v) is 18.4. The summed E-state index contributed by atoms with van der Waals surface area (Å²) in [4.78, 5) is 37.7. The number of carbonyl (C=O) groups is 3. The van der Waals surface area contributed by atoms with E-state index in [9.17, 15) is 23.2 Å². The molecule has 3 aromatic rings. The van der Waals surface area contributed by atoms with E-state index in [4.69, 9.17) is 0 Å². The second-order valence-corrected chi connectivity index (χ2v) is 8.18. The molecular weight excluding hydrogens is 440 g/mol. The third-order valence-corrected chi connectivity index (χ3v) is 5.62. The molecule has 2 unspecified atom stereocenters. The molecule has 34 heavy (non-hydrogen) atoms. The molecular formula is C26H23F2N3O3. The van der Waals surface area contributed by atoms with Crippen molar-refractivity contribution < 1.29 is 23.2 Å². The zero-order chi connectivity index (χ0) is 24.2. The lowest BCUT2D eigenvalue weighted by atomic mass is 9.91. The molecule has 0 fully saturated rings. The van der Waals surface area contributed by atoms with E-state index in [2.05, 4.69) is 16.0 Å². The molecule has 4 rings (SSSR count). The third kappa shape index (κ3) is 5.28. The Kier molecular flexibility index (Phi) is 6.67. The van der Waals surface area contributed by atoms with Crippen LogP contribution in [0.1, 0.15) is 29.7 Å². The highest BCUT2D eigenvalue weighted by Gasteiger charge is 2.31. The number of benzene rings is 3. The number of hydrogen-bond donors (Lipinski definition) is 3. The van der Waals surface area contributed by atoms with E-state index in [1.165, 1.54) is 6.92 Å². The monoisotopic (exact) mass is 463 g/mol. The standard InChI is InChI=1S/C26H23F2N3O3/c1-15(30-23(32)11-16-9-20(27)13-21(28)10-16)25(33)31-24-22-12-18(17-5-3-2-4-6-17)7-8-19(22)14-29-26(24)34/h2-10,12-13,15,24H,11,14H2,1H3,(H,29,34)(H,30,32)(H,31,33). The quantitative estimate of drug-likeness (QED) is 0.525. The van der Waals surface area contributed by atoms with Crippen molar-refractivity contribution in [3.63, 3.8) is 0 Å². The van der Waals surface area contributed by atoms with E-state index in [0.717, 1.165) is 28.8 Å². The van der Waals surface area contributed by atoms with Crippen LogP contribution in [0.25, 0.3) is 11.1 Å². The molecule has 1 heterocycles. The molecule has 0 aliphatic carbocycles. The fourth-order valence-corrected chi connectivity index (χ4v) is 3.93. The highest BCUT2D eigenvalue weighted by atomic mass is 19.1. The predicted octanol–water partition coefficient (Wildman–Crippen LogP) is 3.17. The van der Waals surface area contributed by atoms with Gasteiger partial charge in [-0.2, -0.15) is 0 Å². The molecule has 6 nitrogen and oxygen atoms in total. The van der Waals surface area contributed by atoms with Crippen LogP contribution in [-0.2, 0) is 27.3 Å². The minimum Gasteiger partial charge on any atom is -0.350 e. The minimum atomic E-state index is -0.971. The molecule has 1 aliphatic heterocycles. The second-order valence-electron chi connectivity index (χ2n) is 8.18. The first-order valence-electron chi connectivity index (χ1n) is 10.8. The van der Waals surface area contributed by atoms with Crippen LogP contribution in [0.5, 0.6) is 0 Å². The van der Waals surface area contributed by atoms with E-state index in [1.807, 2.05) is 48.5 Å². The normalized spacial score (nSPS) is 15.6. The van der Waals surface area contributed by atoms with Crippen LogP contribution in [0.15, 0.2) is 66.7 Å². The number of rotatable bonds is 6. The largest absolute Gasteiger partial charge is 0.350 e. The maximum absolute atomic E-state index is 13.4. The van der Waals surface area contributed by atoms with Crippen molar-refractivity contribution in [1.29, 1.82) is 0 Å². The molecule has 3 aromatic carbocycles. The van der Waals surface area contributed by atoms with Gasteiger partial charge in [-0.1, -0.05) is 42.5 Å². The van der Waals surface area contributed by atoms with E-state index in [-0.39, 0.29) is 17.9 Å². The molecule has 3 N–H and O–H groups in total. The predicted molar refractivity (Wildman–Crippen MR) is 122 cm³/mol. The van der Waals surface area contributed by atoms with Gasteiger partial charge in [0.15, 0.2) is 0 Å². The van der Waals surface area contributed by atoms with Gasteiger partial charge in [-0.05, 0) is 52.9 Å². The van der Waals surface area contributed by atoms with Gasteiger partial charge in [0.1, 0.15) is 23.7 Å². The van der Waals surface area contributed by atoms with Crippen molar-refractivity contribution in [2.75, 3.05) is 0 Å². The van der Waals surface area contributed by atoms with Crippen LogP contribution in [0, 0.1) is 11.6 Å². The highest BCUT2D eigenvalue weighted by Crippen LogP contribution is 2.29. The van der Waals surface area contributed by atoms with Crippen molar-refractivity contribution >= 4 is 17.7 Å². The summed E-state index contributed by atoms with van der Waals surface area (Å²) in [6.07, 6.45) is -0.292. The van der Waals surface area contributed by atoms with E-state index in [0.29, 0.717) is 18.2 Å². The maximum atomic E-state index is 13.4. The summed E-state index contributed by atoms with van der Waals surface area (Å²) >= 11 is 0. The van der Waals surface area contributed by atoms with Gasteiger partial charge in [-0.3, -0.25) is 14.4 Å². The van der Waals surface area contributed by atoms with Crippen LogP contribution in [0.2, 0.25) is 0 Å². The van der Waals surface area contributed by atoms with Gasteiger partial charge in [-0.15, -0.1) is 0 Å². The van der Waals surface area contributed by atoms with Crippen molar-refractivity contribution in [2.45, 2.75) is 32.0 Å². The van der Waals surface area contributed by atoms with E-state index in [1.54, 1.807) is 0 Å². The molecule has 0 radical (unpaired) electrons. The van der Waals surface area contributed by atoms with Crippen LogP contribution in [0.4, 0.5) is 8.78 Å². The number of amides is 3. The van der Waals surface area contributed by atoms with Gasteiger partial charge >= 0.3 is 0 Å². The summed E-state index contributed by atoms with van der Waals surface area (Å²) in [7, 11) is 0. The fourth-order valence-electron chi connectivity index (χ4n) is 3.93. The molecule has 3 amide bonds. The Morgan fingerprint density at radius 2 is 1.71 bits per heavy atom. The zero-order valence-electron chi connectivity index (χ0n) is 18.4. The van der Waals surface area contributed by atoms with Crippen molar-refractivity contribution in [1.82, 2.24) is 16.0 Å². The second kappa shape index (κ2) is 9.82. The van der Waals surface area contributed by atoms with Gasteiger partial charge in [-0.25, -0.2) is 8.78 Å². The van der Waals surface area contributed by atoms with Crippen LogP contribution in [0.3, 0.4) is 0 Å². The summed E-state index contributed by atoms with van der Waals surface area (Å²) < 4.78 is 26.7. The number of halogens is 2. The first-order valence-corrected chi connectivity index (χ1v) is 10.8. The van der Waals surface area contributed by atoms with Crippen molar-refractivity contribution in [3.05, 3.63) is 95.1 Å². The number of nitrogens with one attached hydrogen (secondary N) is 3. The van der Waals surface area contributed by atoms with E-state index < -0.39 is 35.5 Å². The highest BCUT2D eigenvalue weighted by molar-refractivity contribution is 5.93. The lowest BCUT2D eigenvalue weighted by Gasteiger charge is -2.28. The average molecular weight is 463 g/mol. The number of hydrogen-bond acceptors (Lipinski definition) is 3. The average Bonchev–Trinajstić information content (AvgIpc) is 2.80. The van der Waals surface area contributed by atoms with Gasteiger partial charge < -0.3 is 16.0 Å². The molecule has 0 spiro atoms. The van der Waals surface area contributed by atoms with Crippen molar-refractivity contribution in [2.24, 2.45) is 0 Å². The van der Waals surface area contributed by atoms with E-state index >= 15 is 0 Å². The Hall–Kier alpha value is -4.07. The van der Waals surface area contributed by atoms with Gasteiger partial charge in [0.05, 0.1) is 6.42 Å². The molecule has 0 saturated heterocycles. The molecule has 0 aromatic heterocycles. The Balaban J connectivity index is 1.46. The summed E-state index contributed by atoms with van der Waals surface area (Å²) in [6.45, 7) is 1.83. The molecule has 0 bridgehead atoms. The lowest BCUT2D eigenvalue weighted by molar-refractivity contribution is -0.132.